The van der Waals surface area contributed by atoms with Crippen LogP contribution in [0.5, 0.6) is 0 Å². The molecule has 1 unspecified atom stereocenters. The number of benzene rings is 1. The highest BCUT2D eigenvalue weighted by atomic mass is 15.2. The first-order valence-electron chi connectivity index (χ1n) is 12.7. The number of pyridine rings is 3. The third kappa shape index (κ3) is 7.35. The Morgan fingerprint density at radius 2 is 1.32 bits per heavy atom. The standard InChI is InChI=1S/C31H32N6/c1-5-16-32-28(12-1)23-36(24-29-13-2-6-17-33-29)21-26-10-9-11-27(20-26)22-37(31-15-4-8-19-35-31)25-30-14-3-7-18-34-30/h1-20,30,34H,21-25H2. The molecule has 1 aromatic carbocycles. The minimum absolute atomic E-state index is 0.238. The minimum Gasteiger partial charge on any atom is -0.383 e. The van der Waals surface area contributed by atoms with Crippen LogP contribution in [-0.4, -0.2) is 32.4 Å². The smallest absolute Gasteiger partial charge is 0.128 e. The molecule has 0 bridgehead atoms. The van der Waals surface area contributed by atoms with Gasteiger partial charge in [-0.1, -0.05) is 54.6 Å². The fraction of sp³-hybridized carbons (Fsp3) is 0.194. The third-order valence-electron chi connectivity index (χ3n) is 6.25. The maximum Gasteiger partial charge on any atom is 0.128 e. The van der Waals surface area contributed by atoms with Crippen LogP contribution < -0.4 is 10.2 Å². The summed E-state index contributed by atoms with van der Waals surface area (Å²) in [5.41, 5.74) is 4.63. The Kier molecular flexibility index (Phi) is 8.31. The molecule has 37 heavy (non-hydrogen) atoms. The molecule has 1 atom stereocenters. The summed E-state index contributed by atoms with van der Waals surface area (Å²) in [5, 5.41) is 3.43. The number of hydrogen-bond acceptors (Lipinski definition) is 6. The minimum atomic E-state index is 0.238. The van der Waals surface area contributed by atoms with E-state index in [1.165, 1.54) is 11.1 Å². The van der Waals surface area contributed by atoms with Crippen LogP contribution in [0.1, 0.15) is 22.5 Å². The van der Waals surface area contributed by atoms with Gasteiger partial charge in [-0.15, -0.1) is 0 Å². The van der Waals surface area contributed by atoms with E-state index < -0.39 is 0 Å². The van der Waals surface area contributed by atoms with E-state index in [-0.39, 0.29) is 6.04 Å². The molecule has 0 saturated carbocycles. The van der Waals surface area contributed by atoms with Gasteiger partial charge in [0.1, 0.15) is 5.82 Å². The Hall–Kier alpha value is -4.29. The predicted octanol–water partition coefficient (Wildman–Crippen LogP) is 5.12. The Labute approximate surface area is 219 Å². The van der Waals surface area contributed by atoms with Gasteiger partial charge in [-0.05, 0) is 59.8 Å². The van der Waals surface area contributed by atoms with Gasteiger partial charge >= 0.3 is 0 Å². The van der Waals surface area contributed by atoms with Crippen molar-refractivity contribution >= 4 is 5.82 Å². The number of aromatic nitrogens is 3. The van der Waals surface area contributed by atoms with E-state index >= 15 is 0 Å². The molecule has 186 valence electrons. The van der Waals surface area contributed by atoms with E-state index in [0.29, 0.717) is 0 Å². The lowest BCUT2D eigenvalue weighted by atomic mass is 10.1. The first kappa shape index (κ1) is 24.4. The van der Waals surface area contributed by atoms with Crippen LogP contribution in [0.3, 0.4) is 0 Å². The molecule has 0 spiro atoms. The van der Waals surface area contributed by atoms with Gasteiger partial charge in [-0.25, -0.2) is 4.98 Å². The van der Waals surface area contributed by atoms with Crippen molar-refractivity contribution in [3.63, 3.8) is 0 Å². The second-order valence-electron chi connectivity index (χ2n) is 9.19. The summed E-state index contributed by atoms with van der Waals surface area (Å²) in [5.74, 6) is 0.976. The van der Waals surface area contributed by atoms with Crippen molar-refractivity contribution in [2.75, 3.05) is 11.4 Å². The molecule has 0 radical (unpaired) electrons. The highest BCUT2D eigenvalue weighted by molar-refractivity contribution is 5.40. The Morgan fingerprint density at radius 3 is 1.92 bits per heavy atom. The summed E-state index contributed by atoms with van der Waals surface area (Å²) < 4.78 is 0. The average molecular weight is 489 g/mol. The molecule has 1 aliphatic heterocycles. The van der Waals surface area contributed by atoms with Crippen molar-refractivity contribution in [3.05, 3.63) is 144 Å². The second kappa shape index (κ2) is 12.6. The number of nitrogens with one attached hydrogen (secondary N) is 1. The first-order chi connectivity index (χ1) is 18.3. The number of nitrogens with zero attached hydrogens (tertiary/aromatic N) is 5. The van der Waals surface area contributed by atoms with Gasteiger partial charge in [0.15, 0.2) is 0 Å². The topological polar surface area (TPSA) is 57.2 Å². The summed E-state index contributed by atoms with van der Waals surface area (Å²) >= 11 is 0. The SMILES string of the molecule is C1=CNC(CN(Cc2cccc(CN(Cc3ccccn3)Cc3ccccn3)c2)c2ccccn2)C=C1. The molecular formula is C31H32N6. The molecule has 3 aromatic heterocycles. The van der Waals surface area contributed by atoms with Gasteiger partial charge in [0.2, 0.25) is 0 Å². The lowest BCUT2D eigenvalue weighted by Gasteiger charge is -2.28. The molecule has 4 heterocycles. The molecule has 0 fully saturated rings. The van der Waals surface area contributed by atoms with Crippen LogP contribution in [0, 0.1) is 0 Å². The zero-order chi connectivity index (χ0) is 25.1. The van der Waals surface area contributed by atoms with E-state index in [0.717, 1.165) is 49.9 Å². The zero-order valence-electron chi connectivity index (χ0n) is 20.9. The van der Waals surface area contributed by atoms with Crippen molar-refractivity contribution in [2.45, 2.75) is 32.2 Å². The molecule has 6 heteroatoms. The normalized spacial score (nSPS) is 14.5. The van der Waals surface area contributed by atoms with Gasteiger partial charge in [-0.2, -0.15) is 0 Å². The lowest BCUT2D eigenvalue weighted by molar-refractivity contribution is 0.241. The molecule has 5 rings (SSSR count). The molecule has 0 aliphatic carbocycles. The maximum absolute atomic E-state index is 4.64. The molecule has 1 aliphatic rings. The van der Waals surface area contributed by atoms with Crippen molar-refractivity contribution in [2.24, 2.45) is 0 Å². The third-order valence-corrected chi connectivity index (χ3v) is 6.25. The number of rotatable bonds is 11. The second-order valence-corrected chi connectivity index (χ2v) is 9.19. The summed E-state index contributed by atoms with van der Waals surface area (Å²) in [6.45, 7) is 3.93. The largest absolute Gasteiger partial charge is 0.383 e. The summed E-state index contributed by atoms with van der Waals surface area (Å²) in [6, 6.07) is 27.3. The molecule has 0 saturated heterocycles. The average Bonchev–Trinajstić information content (AvgIpc) is 2.95. The summed E-state index contributed by atoms with van der Waals surface area (Å²) in [7, 11) is 0. The van der Waals surface area contributed by atoms with E-state index in [2.05, 4.69) is 84.7 Å². The van der Waals surface area contributed by atoms with Crippen molar-refractivity contribution in [1.82, 2.24) is 25.2 Å². The fourth-order valence-corrected chi connectivity index (χ4v) is 4.53. The van der Waals surface area contributed by atoms with Gasteiger partial charge in [0.05, 0.1) is 17.4 Å². The van der Waals surface area contributed by atoms with Crippen molar-refractivity contribution < 1.29 is 0 Å². The fourth-order valence-electron chi connectivity index (χ4n) is 4.53. The molecule has 0 amide bonds. The molecule has 4 aromatic rings. The zero-order valence-corrected chi connectivity index (χ0v) is 20.9. The van der Waals surface area contributed by atoms with Crippen molar-refractivity contribution in [1.29, 1.82) is 0 Å². The van der Waals surface area contributed by atoms with Gasteiger partial charge < -0.3 is 10.2 Å². The molecule has 6 nitrogen and oxygen atoms in total. The summed E-state index contributed by atoms with van der Waals surface area (Å²) in [4.78, 5) is 18.5. The Morgan fingerprint density at radius 1 is 0.649 bits per heavy atom. The Balaban J connectivity index is 1.33. The number of hydrogen-bond donors (Lipinski definition) is 1. The van der Waals surface area contributed by atoms with Crippen LogP contribution in [0.15, 0.2) is 122 Å². The van der Waals surface area contributed by atoms with Crippen LogP contribution >= 0.6 is 0 Å². The monoisotopic (exact) mass is 488 g/mol. The number of dihydropyridines is 1. The number of anilines is 1. The van der Waals surface area contributed by atoms with Crippen LogP contribution in [0.4, 0.5) is 5.82 Å². The highest BCUT2D eigenvalue weighted by Gasteiger charge is 2.15. The quantitative estimate of drug-likeness (QED) is 0.316. The van der Waals surface area contributed by atoms with E-state index in [1.54, 1.807) is 0 Å². The number of allylic oxidation sites excluding steroid dienone is 2. The van der Waals surface area contributed by atoms with Crippen LogP contribution in [-0.2, 0) is 26.2 Å². The Bertz CT molecular complexity index is 1250. The summed E-state index contributed by atoms with van der Waals surface area (Å²) in [6.07, 6.45) is 13.9. The molecular weight excluding hydrogens is 456 g/mol. The van der Waals surface area contributed by atoms with Gasteiger partial charge in [-0.3, -0.25) is 14.9 Å². The lowest BCUT2D eigenvalue weighted by Crippen LogP contribution is -2.38. The van der Waals surface area contributed by atoms with Crippen LogP contribution in [0.2, 0.25) is 0 Å². The molecule has 1 N–H and O–H groups in total. The van der Waals surface area contributed by atoms with E-state index in [4.69, 9.17) is 0 Å². The van der Waals surface area contributed by atoms with E-state index in [9.17, 15) is 0 Å². The van der Waals surface area contributed by atoms with Gasteiger partial charge in [0, 0.05) is 51.3 Å². The van der Waals surface area contributed by atoms with Crippen LogP contribution in [0.25, 0.3) is 0 Å². The first-order valence-corrected chi connectivity index (χ1v) is 12.7. The maximum atomic E-state index is 4.64. The van der Waals surface area contributed by atoms with Crippen molar-refractivity contribution in [3.8, 4) is 0 Å². The highest BCUT2D eigenvalue weighted by Crippen LogP contribution is 2.18. The van der Waals surface area contributed by atoms with E-state index in [1.807, 2.05) is 67.3 Å². The van der Waals surface area contributed by atoms with Gasteiger partial charge in [0.25, 0.3) is 0 Å². The predicted molar refractivity (Wildman–Crippen MR) is 148 cm³/mol.